The number of aryl methyl sites for hydroxylation is 1. The molecule has 0 radical (unpaired) electrons. The monoisotopic (exact) mass is 548 g/mol. The van der Waals surface area contributed by atoms with Gasteiger partial charge in [0.25, 0.3) is 0 Å². The maximum atomic E-state index is 6.34. The van der Waals surface area contributed by atoms with Crippen LogP contribution in [0, 0.1) is 0 Å². The van der Waals surface area contributed by atoms with E-state index in [-0.39, 0.29) is 30.4 Å². The van der Waals surface area contributed by atoms with Crippen molar-refractivity contribution in [3.63, 3.8) is 0 Å². The molecule has 1 fully saturated rings. The highest BCUT2D eigenvalue weighted by molar-refractivity contribution is 5.87. The van der Waals surface area contributed by atoms with Gasteiger partial charge in [-0.2, -0.15) is 0 Å². The van der Waals surface area contributed by atoms with Crippen LogP contribution in [0.3, 0.4) is 0 Å². The number of rotatable bonds is 5. The summed E-state index contributed by atoms with van der Waals surface area (Å²) in [4.78, 5) is 5.27. The molecule has 5 heteroatoms. The molecule has 38 heavy (non-hydrogen) atoms. The van der Waals surface area contributed by atoms with E-state index in [1.54, 1.807) is 0 Å². The number of ether oxygens (including phenoxy) is 1. The lowest BCUT2D eigenvalue weighted by molar-refractivity contribution is -0.0899. The molecule has 3 nitrogen and oxygen atoms in total. The van der Waals surface area contributed by atoms with Crippen molar-refractivity contribution >= 4 is 35.6 Å². The van der Waals surface area contributed by atoms with Crippen LogP contribution in [0.5, 0.6) is 0 Å². The Morgan fingerprint density at radius 1 is 0.763 bits per heavy atom. The molecule has 4 aromatic carbocycles. The minimum absolute atomic E-state index is 0. The smallest absolute Gasteiger partial charge is 0.106 e. The van der Waals surface area contributed by atoms with Crippen LogP contribution in [0.4, 0.5) is 0 Å². The molecule has 0 aromatic heterocycles. The predicted octanol–water partition coefficient (Wildman–Crippen LogP) is 7.34. The number of piperazine rings is 1. The zero-order chi connectivity index (χ0) is 24.5. The molecule has 6 rings (SSSR count). The zero-order valence-electron chi connectivity index (χ0n) is 22.3. The second kappa shape index (κ2) is 12.2. The minimum atomic E-state index is -0.295. The molecule has 1 saturated heterocycles. The van der Waals surface area contributed by atoms with Crippen LogP contribution in [-0.4, -0.2) is 49.1 Å². The Kier molecular flexibility index (Phi) is 9.18. The molecule has 0 spiro atoms. The Labute approximate surface area is 239 Å². The zero-order valence-corrected chi connectivity index (χ0v) is 23.9. The molecule has 200 valence electrons. The molecule has 4 aromatic rings. The Hall–Kier alpha value is -2.40. The molecule has 0 bridgehead atoms. The van der Waals surface area contributed by atoms with Crippen LogP contribution < -0.4 is 0 Å². The highest BCUT2D eigenvalue weighted by Gasteiger charge is 2.44. The van der Waals surface area contributed by atoms with Gasteiger partial charge in [0.1, 0.15) is 5.60 Å². The highest BCUT2D eigenvalue weighted by Crippen LogP contribution is 2.42. The first-order chi connectivity index (χ1) is 17.6. The van der Waals surface area contributed by atoms with Gasteiger partial charge in [-0.05, 0) is 64.4 Å². The van der Waals surface area contributed by atoms with Gasteiger partial charge in [0.15, 0.2) is 0 Å². The van der Waals surface area contributed by atoms with Crippen LogP contribution in [0.25, 0.3) is 21.9 Å². The summed E-state index contributed by atoms with van der Waals surface area (Å²) in [6.07, 6.45) is 2.24. The summed E-state index contributed by atoms with van der Waals surface area (Å²) in [5.74, 6) is 0. The Balaban J connectivity index is 0.00000168. The maximum absolute atomic E-state index is 6.34. The maximum Gasteiger partial charge on any atom is 0.106 e. The summed E-state index contributed by atoms with van der Waals surface area (Å²) < 4.78 is 6.34. The molecular formula is C33H38Cl2N2O. The first kappa shape index (κ1) is 28.6. The largest absolute Gasteiger partial charge is 0.372 e. The van der Waals surface area contributed by atoms with E-state index in [0.717, 1.165) is 45.6 Å². The summed E-state index contributed by atoms with van der Waals surface area (Å²) in [6, 6.07) is 33.7. The quantitative estimate of drug-likeness (QED) is 0.259. The summed E-state index contributed by atoms with van der Waals surface area (Å²) in [6.45, 7) is 7.77. The first-order valence-corrected chi connectivity index (χ1v) is 13.3. The molecule has 2 atom stereocenters. The molecule has 1 aliphatic carbocycles. The van der Waals surface area contributed by atoms with Gasteiger partial charge in [0.05, 0.1) is 0 Å². The number of halogens is 2. The van der Waals surface area contributed by atoms with E-state index in [1.165, 1.54) is 38.6 Å². The van der Waals surface area contributed by atoms with Crippen LogP contribution in [0.1, 0.15) is 30.0 Å². The van der Waals surface area contributed by atoms with Crippen molar-refractivity contribution in [2.75, 3.05) is 33.3 Å². The van der Waals surface area contributed by atoms with Crippen LogP contribution in [-0.2, 0) is 23.3 Å². The number of fused-ring (bicyclic) bond motifs is 2. The normalized spacial score (nSPS) is 21.8. The standard InChI is InChI=1S/C33H36N2O.2ClH/c1-33(36-2)31-16-14-29(28-13-12-26-10-6-7-11-27(26)22-28)23-30(31)15-17-32(33)35-20-18-34(19-21-35)24-25-8-4-3-5-9-25;;/h3-14,16,22-23,32H,15,17-21,24H2,1-2H3;2*1H. The van der Waals surface area contributed by atoms with Gasteiger partial charge in [0, 0.05) is 45.9 Å². The van der Waals surface area contributed by atoms with Crippen molar-refractivity contribution in [1.82, 2.24) is 9.80 Å². The summed E-state index contributed by atoms with van der Waals surface area (Å²) >= 11 is 0. The van der Waals surface area contributed by atoms with Crippen molar-refractivity contribution in [3.05, 3.63) is 108 Å². The fourth-order valence-electron chi connectivity index (χ4n) is 6.43. The number of methoxy groups -OCH3 is 1. The number of hydrogen-bond donors (Lipinski definition) is 0. The lowest BCUT2D eigenvalue weighted by atomic mass is 9.74. The lowest BCUT2D eigenvalue weighted by Crippen LogP contribution is -2.58. The highest BCUT2D eigenvalue weighted by atomic mass is 35.5. The topological polar surface area (TPSA) is 15.7 Å². The van der Waals surface area contributed by atoms with E-state index in [4.69, 9.17) is 4.74 Å². The van der Waals surface area contributed by atoms with Gasteiger partial charge in [0.2, 0.25) is 0 Å². The van der Waals surface area contributed by atoms with E-state index in [2.05, 4.69) is 108 Å². The molecule has 0 saturated carbocycles. The molecule has 0 amide bonds. The Morgan fingerprint density at radius 3 is 2.16 bits per heavy atom. The third-order valence-electron chi connectivity index (χ3n) is 8.57. The van der Waals surface area contributed by atoms with E-state index in [0.29, 0.717) is 6.04 Å². The molecule has 1 heterocycles. The number of benzene rings is 4. The Morgan fingerprint density at radius 2 is 1.42 bits per heavy atom. The van der Waals surface area contributed by atoms with Gasteiger partial charge in [-0.3, -0.25) is 9.80 Å². The van der Waals surface area contributed by atoms with Gasteiger partial charge in [-0.15, -0.1) is 24.8 Å². The first-order valence-electron chi connectivity index (χ1n) is 13.3. The SMILES string of the molecule is COC1(C)c2ccc(-c3ccc4ccccc4c3)cc2CCC1N1CCN(Cc2ccccc2)CC1.Cl.Cl. The van der Waals surface area contributed by atoms with Crippen LogP contribution >= 0.6 is 24.8 Å². The molecule has 1 aliphatic heterocycles. The third-order valence-corrected chi connectivity index (χ3v) is 8.57. The summed E-state index contributed by atoms with van der Waals surface area (Å²) in [5.41, 5.74) is 6.48. The van der Waals surface area contributed by atoms with Crippen LogP contribution in [0.2, 0.25) is 0 Å². The fourth-order valence-corrected chi connectivity index (χ4v) is 6.43. The molecule has 0 N–H and O–H groups in total. The molecule has 2 aliphatic rings. The second-order valence-electron chi connectivity index (χ2n) is 10.6. The average Bonchev–Trinajstić information content (AvgIpc) is 2.94. The second-order valence-corrected chi connectivity index (χ2v) is 10.6. The van der Waals surface area contributed by atoms with Gasteiger partial charge in [-0.25, -0.2) is 0 Å². The van der Waals surface area contributed by atoms with Crippen molar-refractivity contribution in [3.8, 4) is 11.1 Å². The number of hydrogen-bond acceptors (Lipinski definition) is 3. The van der Waals surface area contributed by atoms with Crippen molar-refractivity contribution in [2.24, 2.45) is 0 Å². The molecule has 2 unspecified atom stereocenters. The van der Waals surface area contributed by atoms with Gasteiger partial charge >= 0.3 is 0 Å². The minimum Gasteiger partial charge on any atom is -0.372 e. The Bertz CT molecular complexity index is 1350. The lowest BCUT2D eigenvalue weighted by Gasteiger charge is -2.49. The number of nitrogens with zero attached hydrogens (tertiary/aromatic N) is 2. The average molecular weight is 550 g/mol. The van der Waals surface area contributed by atoms with E-state index in [1.807, 2.05) is 7.11 Å². The fraction of sp³-hybridized carbons (Fsp3) is 0.333. The third kappa shape index (κ3) is 5.50. The molecular weight excluding hydrogens is 511 g/mol. The van der Waals surface area contributed by atoms with E-state index in [9.17, 15) is 0 Å². The predicted molar refractivity (Wildman–Crippen MR) is 164 cm³/mol. The van der Waals surface area contributed by atoms with Crippen molar-refractivity contribution < 1.29 is 4.74 Å². The summed E-state index contributed by atoms with van der Waals surface area (Å²) in [7, 11) is 1.89. The van der Waals surface area contributed by atoms with Gasteiger partial charge in [-0.1, -0.05) is 84.9 Å². The van der Waals surface area contributed by atoms with Crippen LogP contribution in [0.15, 0.2) is 91.0 Å². The van der Waals surface area contributed by atoms with E-state index < -0.39 is 0 Å². The van der Waals surface area contributed by atoms with Crippen molar-refractivity contribution in [2.45, 2.75) is 38.0 Å². The van der Waals surface area contributed by atoms with Crippen molar-refractivity contribution in [1.29, 1.82) is 0 Å². The van der Waals surface area contributed by atoms with Gasteiger partial charge < -0.3 is 4.74 Å². The summed E-state index contributed by atoms with van der Waals surface area (Å²) in [5, 5.41) is 2.58. The van der Waals surface area contributed by atoms with E-state index >= 15 is 0 Å².